The summed E-state index contributed by atoms with van der Waals surface area (Å²) in [6.07, 6.45) is 4.10. The molecule has 10 nitrogen and oxygen atoms in total. The largest absolute Gasteiger partial charge is 0.352 e. The van der Waals surface area contributed by atoms with Crippen LogP contribution in [0.5, 0.6) is 0 Å². The van der Waals surface area contributed by atoms with E-state index < -0.39 is 0 Å². The van der Waals surface area contributed by atoms with Gasteiger partial charge in [-0.3, -0.25) is 18.9 Å². The zero-order valence-corrected chi connectivity index (χ0v) is 19.2. The first-order valence-electron chi connectivity index (χ1n) is 10.6. The second-order valence-electron chi connectivity index (χ2n) is 7.87. The number of imidazole rings is 1. The average molecular weight is 477 g/mol. The third-order valence-corrected chi connectivity index (χ3v) is 5.87. The van der Waals surface area contributed by atoms with E-state index in [0.717, 1.165) is 22.4 Å². The Morgan fingerprint density at radius 2 is 1.97 bits per heavy atom. The van der Waals surface area contributed by atoms with Gasteiger partial charge in [0.25, 0.3) is 5.91 Å². The van der Waals surface area contributed by atoms with Gasteiger partial charge < -0.3 is 5.32 Å². The second kappa shape index (κ2) is 8.64. The van der Waals surface area contributed by atoms with Crippen LogP contribution in [0.25, 0.3) is 28.0 Å². The lowest BCUT2D eigenvalue weighted by atomic mass is 9.99. The molecule has 5 aromatic rings. The maximum Gasteiger partial charge on any atom is 0.340 e. The minimum atomic E-state index is -0.376. The third kappa shape index (κ3) is 3.99. The molecule has 0 fully saturated rings. The number of H-pyrrole nitrogens is 2. The van der Waals surface area contributed by atoms with E-state index in [9.17, 15) is 9.59 Å². The van der Waals surface area contributed by atoms with E-state index in [1.54, 1.807) is 27.4 Å². The first-order chi connectivity index (χ1) is 16.4. The van der Waals surface area contributed by atoms with Crippen LogP contribution in [-0.2, 0) is 13.5 Å². The monoisotopic (exact) mass is 476 g/mol. The first kappa shape index (κ1) is 21.7. The van der Waals surface area contributed by atoms with E-state index >= 15 is 0 Å². The van der Waals surface area contributed by atoms with Crippen LogP contribution >= 0.6 is 11.6 Å². The van der Waals surface area contributed by atoms with Gasteiger partial charge in [-0.25, -0.2) is 14.9 Å². The standard InChI is InChI=1S/C23H21ClN8O2/c1-13-17(12-31(2)30-13)15-5-3-4-6-16(15)20-21(24)32-10-8-14(11-19(32)27-20)22(33)25-9-7-18-26-23(34)29-28-18/h3-6,8,10-12H,7,9H2,1-2H3,(H,25,33)(H2,26,28,29,34). The number of hydrogen-bond donors (Lipinski definition) is 3. The summed E-state index contributed by atoms with van der Waals surface area (Å²) in [5.41, 5.74) is 5.03. The minimum absolute atomic E-state index is 0.257. The number of aryl methyl sites for hydroxylation is 2. The molecule has 0 saturated carbocycles. The van der Waals surface area contributed by atoms with Crippen LogP contribution in [0, 0.1) is 6.92 Å². The number of amides is 1. The Morgan fingerprint density at radius 3 is 2.68 bits per heavy atom. The molecule has 1 amide bonds. The summed E-state index contributed by atoms with van der Waals surface area (Å²) in [6, 6.07) is 11.3. The molecule has 0 bridgehead atoms. The van der Waals surface area contributed by atoms with Crippen molar-refractivity contribution in [2.75, 3.05) is 6.54 Å². The van der Waals surface area contributed by atoms with Crippen LogP contribution in [0.1, 0.15) is 21.9 Å². The van der Waals surface area contributed by atoms with Crippen molar-refractivity contribution in [1.82, 2.24) is 39.7 Å². The number of nitrogens with one attached hydrogen (secondary N) is 3. The summed E-state index contributed by atoms with van der Waals surface area (Å²) >= 11 is 6.72. The summed E-state index contributed by atoms with van der Waals surface area (Å²) in [4.78, 5) is 31.0. The van der Waals surface area contributed by atoms with Gasteiger partial charge in [0, 0.05) is 49.1 Å². The molecule has 0 aliphatic rings. The lowest BCUT2D eigenvalue weighted by Crippen LogP contribution is -2.26. The average Bonchev–Trinajstić information content (AvgIpc) is 3.49. The summed E-state index contributed by atoms with van der Waals surface area (Å²) in [5, 5.41) is 13.9. The smallest absolute Gasteiger partial charge is 0.340 e. The Bertz CT molecular complexity index is 1580. The summed E-state index contributed by atoms with van der Waals surface area (Å²) in [7, 11) is 1.89. The Hall–Kier alpha value is -4.18. The molecule has 0 unspecified atom stereocenters. The van der Waals surface area contributed by atoms with Crippen molar-refractivity contribution in [3.05, 3.63) is 81.5 Å². The van der Waals surface area contributed by atoms with E-state index in [-0.39, 0.29) is 11.6 Å². The number of pyridine rings is 1. The van der Waals surface area contributed by atoms with E-state index in [1.807, 2.05) is 44.4 Å². The zero-order valence-electron chi connectivity index (χ0n) is 18.5. The number of carbonyl (C=O) groups excluding carboxylic acids is 1. The molecule has 0 atom stereocenters. The molecule has 0 saturated heterocycles. The highest BCUT2D eigenvalue weighted by atomic mass is 35.5. The van der Waals surface area contributed by atoms with Gasteiger partial charge in [0.2, 0.25) is 0 Å². The molecule has 172 valence electrons. The maximum atomic E-state index is 12.6. The van der Waals surface area contributed by atoms with Crippen molar-refractivity contribution >= 4 is 23.2 Å². The van der Waals surface area contributed by atoms with Crippen LogP contribution in [-0.4, -0.2) is 46.8 Å². The molecule has 5 rings (SSSR count). The molecule has 0 radical (unpaired) electrons. The van der Waals surface area contributed by atoms with Crippen molar-refractivity contribution < 1.29 is 4.79 Å². The number of aromatic nitrogens is 7. The normalized spacial score (nSPS) is 11.3. The summed E-state index contributed by atoms with van der Waals surface area (Å²) < 4.78 is 3.52. The van der Waals surface area contributed by atoms with Crippen molar-refractivity contribution in [1.29, 1.82) is 0 Å². The van der Waals surface area contributed by atoms with E-state index in [2.05, 4.69) is 25.6 Å². The van der Waals surface area contributed by atoms with Crippen molar-refractivity contribution in [3.63, 3.8) is 0 Å². The Balaban J connectivity index is 1.44. The Morgan fingerprint density at radius 1 is 1.18 bits per heavy atom. The Labute approximate surface area is 198 Å². The third-order valence-electron chi connectivity index (χ3n) is 5.51. The highest BCUT2D eigenvalue weighted by Crippen LogP contribution is 2.36. The number of hydrogen-bond acceptors (Lipinski definition) is 5. The van der Waals surface area contributed by atoms with Crippen molar-refractivity contribution in [3.8, 4) is 22.4 Å². The number of nitrogens with zero attached hydrogens (tertiary/aromatic N) is 5. The van der Waals surface area contributed by atoms with Gasteiger partial charge in [-0.05, 0) is 24.6 Å². The SMILES string of the molecule is Cc1nn(C)cc1-c1ccccc1-c1nc2cc(C(=O)NCCc3n[nH]c(=O)[nH]3)ccn2c1Cl. The molecule has 0 aliphatic carbocycles. The van der Waals surface area contributed by atoms with Gasteiger partial charge in [0.1, 0.15) is 22.3 Å². The van der Waals surface area contributed by atoms with Gasteiger partial charge >= 0.3 is 5.69 Å². The lowest BCUT2D eigenvalue weighted by Gasteiger charge is -2.07. The van der Waals surface area contributed by atoms with Gasteiger partial charge in [0.15, 0.2) is 0 Å². The predicted molar refractivity (Wildman–Crippen MR) is 128 cm³/mol. The van der Waals surface area contributed by atoms with Crippen molar-refractivity contribution in [2.45, 2.75) is 13.3 Å². The van der Waals surface area contributed by atoms with Crippen LogP contribution in [0.3, 0.4) is 0 Å². The van der Waals surface area contributed by atoms with Gasteiger partial charge in [0.05, 0.1) is 5.69 Å². The fraction of sp³-hybridized carbons (Fsp3) is 0.174. The molecule has 0 spiro atoms. The predicted octanol–water partition coefficient (Wildman–Crippen LogP) is 2.75. The number of halogens is 1. The van der Waals surface area contributed by atoms with Crippen LogP contribution in [0.15, 0.2) is 53.6 Å². The van der Waals surface area contributed by atoms with E-state index in [4.69, 9.17) is 16.6 Å². The first-order valence-corrected chi connectivity index (χ1v) is 11.0. The van der Waals surface area contributed by atoms with Crippen LogP contribution in [0.2, 0.25) is 5.15 Å². The van der Waals surface area contributed by atoms with Gasteiger partial charge in [-0.15, -0.1) is 0 Å². The molecular weight excluding hydrogens is 456 g/mol. The highest BCUT2D eigenvalue weighted by Gasteiger charge is 2.19. The van der Waals surface area contributed by atoms with E-state index in [0.29, 0.717) is 40.8 Å². The number of benzene rings is 1. The molecule has 11 heteroatoms. The maximum absolute atomic E-state index is 12.6. The fourth-order valence-corrected chi connectivity index (χ4v) is 4.22. The molecule has 4 heterocycles. The zero-order chi connectivity index (χ0) is 23.8. The molecule has 3 N–H and O–H groups in total. The second-order valence-corrected chi connectivity index (χ2v) is 8.23. The van der Waals surface area contributed by atoms with E-state index in [1.165, 1.54) is 0 Å². The van der Waals surface area contributed by atoms with Crippen molar-refractivity contribution in [2.24, 2.45) is 7.05 Å². The molecular formula is C23H21ClN8O2. The highest BCUT2D eigenvalue weighted by molar-refractivity contribution is 6.32. The molecule has 34 heavy (non-hydrogen) atoms. The van der Waals surface area contributed by atoms with Crippen LogP contribution in [0.4, 0.5) is 0 Å². The minimum Gasteiger partial charge on any atom is -0.352 e. The van der Waals surface area contributed by atoms with Crippen LogP contribution < -0.4 is 11.0 Å². The number of rotatable bonds is 6. The lowest BCUT2D eigenvalue weighted by molar-refractivity contribution is 0.0954. The Kier molecular flexibility index (Phi) is 5.50. The summed E-state index contributed by atoms with van der Waals surface area (Å²) in [5.74, 6) is 0.223. The topological polar surface area (TPSA) is 126 Å². The quantitative estimate of drug-likeness (QED) is 0.347. The number of carbonyl (C=O) groups is 1. The molecule has 1 aromatic carbocycles. The molecule has 0 aliphatic heterocycles. The number of aromatic amines is 2. The number of fused-ring (bicyclic) bond motifs is 1. The summed E-state index contributed by atoms with van der Waals surface area (Å²) in [6.45, 7) is 2.29. The van der Waals surface area contributed by atoms with Gasteiger partial charge in [-0.1, -0.05) is 35.9 Å². The molecule has 4 aromatic heterocycles. The fourth-order valence-electron chi connectivity index (χ4n) is 3.94. The van der Waals surface area contributed by atoms with Gasteiger partial charge in [-0.2, -0.15) is 10.2 Å².